The monoisotopic (exact) mass is 223 g/mol. The molecule has 0 amide bonds. The Hall–Kier alpha value is -1.30. The lowest BCUT2D eigenvalue weighted by atomic mass is 10.4. The van der Waals surface area contributed by atoms with E-state index in [1.54, 1.807) is 6.33 Å². The van der Waals surface area contributed by atoms with E-state index in [-0.39, 0.29) is 0 Å². The maximum absolute atomic E-state index is 4.18. The highest BCUT2D eigenvalue weighted by atomic mass is 32.2. The Morgan fingerprint density at radius 1 is 1.40 bits per heavy atom. The first-order valence-corrected chi connectivity index (χ1v) is 6.18. The molecule has 0 unspecified atom stereocenters. The molecule has 2 aromatic rings. The zero-order valence-corrected chi connectivity index (χ0v) is 9.34. The highest BCUT2D eigenvalue weighted by Gasteiger charge is 2.03. The van der Waals surface area contributed by atoms with Crippen LogP contribution < -0.4 is 5.32 Å². The largest absolute Gasteiger partial charge is 0.368 e. The SMILES string of the molecule is CSCCCNc1ncnc2nc[nH]c12. The molecular formula is C9H13N5S. The Bertz CT molecular complexity index is 427. The first kappa shape index (κ1) is 10.2. The third-order valence-corrected chi connectivity index (χ3v) is 2.74. The number of anilines is 1. The predicted octanol–water partition coefficient (Wildman–Crippen LogP) is 1.52. The third-order valence-electron chi connectivity index (χ3n) is 2.04. The van der Waals surface area contributed by atoms with Gasteiger partial charge in [-0.05, 0) is 18.4 Å². The molecule has 0 aromatic carbocycles. The van der Waals surface area contributed by atoms with E-state index in [1.807, 2.05) is 11.8 Å². The molecule has 5 nitrogen and oxygen atoms in total. The van der Waals surface area contributed by atoms with Crippen molar-refractivity contribution >= 4 is 28.7 Å². The van der Waals surface area contributed by atoms with Crippen LogP contribution in [0.15, 0.2) is 12.7 Å². The fourth-order valence-electron chi connectivity index (χ4n) is 1.32. The molecule has 2 aromatic heterocycles. The Kier molecular flexibility index (Phi) is 3.39. The fourth-order valence-corrected chi connectivity index (χ4v) is 1.76. The minimum atomic E-state index is 0.706. The van der Waals surface area contributed by atoms with Gasteiger partial charge in [0, 0.05) is 6.54 Å². The van der Waals surface area contributed by atoms with Gasteiger partial charge in [-0.3, -0.25) is 0 Å². The van der Waals surface area contributed by atoms with Crippen molar-refractivity contribution in [1.29, 1.82) is 0 Å². The van der Waals surface area contributed by atoms with Gasteiger partial charge in [0.1, 0.15) is 11.8 Å². The van der Waals surface area contributed by atoms with E-state index in [1.165, 1.54) is 6.33 Å². The topological polar surface area (TPSA) is 66.5 Å². The number of fused-ring (bicyclic) bond motifs is 1. The summed E-state index contributed by atoms with van der Waals surface area (Å²) in [7, 11) is 0. The number of hydrogen-bond donors (Lipinski definition) is 2. The number of aromatic nitrogens is 4. The summed E-state index contributed by atoms with van der Waals surface area (Å²) in [6.45, 7) is 0.923. The molecule has 80 valence electrons. The van der Waals surface area contributed by atoms with Crippen LogP contribution in [0.2, 0.25) is 0 Å². The summed E-state index contributed by atoms with van der Waals surface area (Å²) < 4.78 is 0. The quantitative estimate of drug-likeness (QED) is 0.752. The summed E-state index contributed by atoms with van der Waals surface area (Å²) >= 11 is 1.85. The summed E-state index contributed by atoms with van der Waals surface area (Å²) in [4.78, 5) is 15.3. The molecule has 2 N–H and O–H groups in total. The van der Waals surface area contributed by atoms with E-state index in [2.05, 4.69) is 31.5 Å². The van der Waals surface area contributed by atoms with Crippen LogP contribution in [0, 0.1) is 0 Å². The molecule has 0 aliphatic carbocycles. The van der Waals surface area contributed by atoms with Gasteiger partial charge in [0.2, 0.25) is 0 Å². The van der Waals surface area contributed by atoms with Gasteiger partial charge in [0.25, 0.3) is 0 Å². The van der Waals surface area contributed by atoms with Crippen LogP contribution in [0.5, 0.6) is 0 Å². The second-order valence-electron chi connectivity index (χ2n) is 3.10. The number of imidazole rings is 1. The summed E-state index contributed by atoms with van der Waals surface area (Å²) in [5.41, 5.74) is 1.58. The maximum atomic E-state index is 4.18. The van der Waals surface area contributed by atoms with Crippen LogP contribution >= 0.6 is 11.8 Å². The van der Waals surface area contributed by atoms with Gasteiger partial charge in [-0.15, -0.1) is 0 Å². The summed E-state index contributed by atoms with van der Waals surface area (Å²) in [5, 5.41) is 3.27. The summed E-state index contributed by atoms with van der Waals surface area (Å²) in [5.74, 6) is 1.99. The number of rotatable bonds is 5. The van der Waals surface area contributed by atoms with Crippen molar-refractivity contribution in [1.82, 2.24) is 19.9 Å². The maximum Gasteiger partial charge on any atom is 0.182 e. The van der Waals surface area contributed by atoms with Gasteiger partial charge < -0.3 is 10.3 Å². The van der Waals surface area contributed by atoms with Crippen molar-refractivity contribution in [3.63, 3.8) is 0 Å². The zero-order chi connectivity index (χ0) is 10.5. The lowest BCUT2D eigenvalue weighted by molar-refractivity contribution is 0.981. The van der Waals surface area contributed by atoms with Gasteiger partial charge in [-0.2, -0.15) is 11.8 Å². The molecule has 15 heavy (non-hydrogen) atoms. The molecule has 2 rings (SSSR count). The van der Waals surface area contributed by atoms with Gasteiger partial charge in [0.05, 0.1) is 6.33 Å². The fraction of sp³-hybridized carbons (Fsp3) is 0.444. The highest BCUT2D eigenvalue weighted by Crippen LogP contribution is 2.14. The van der Waals surface area contributed by atoms with E-state index in [0.717, 1.165) is 30.1 Å². The number of thioether (sulfide) groups is 1. The Balaban J connectivity index is 2.04. The molecule has 2 heterocycles. The summed E-state index contributed by atoms with van der Waals surface area (Å²) in [6, 6.07) is 0. The predicted molar refractivity (Wildman–Crippen MR) is 63.2 cm³/mol. The molecule has 0 radical (unpaired) electrons. The summed E-state index contributed by atoms with van der Waals surface area (Å²) in [6.07, 6.45) is 6.39. The van der Waals surface area contributed by atoms with E-state index >= 15 is 0 Å². The molecule has 0 atom stereocenters. The van der Waals surface area contributed by atoms with Crippen LogP contribution in [-0.4, -0.2) is 38.5 Å². The first-order chi connectivity index (χ1) is 7.42. The molecule has 0 fully saturated rings. The average molecular weight is 223 g/mol. The number of H-pyrrole nitrogens is 1. The second kappa shape index (κ2) is 4.97. The molecule has 6 heteroatoms. The standard InChI is InChI=1S/C9H13N5S/c1-15-4-2-3-10-8-7-9(12-5-11-7)14-6-13-8/h5-6H,2-4H2,1H3,(H2,10,11,12,13,14). The van der Waals surface area contributed by atoms with Crippen molar-refractivity contribution in [2.24, 2.45) is 0 Å². The minimum absolute atomic E-state index is 0.706. The van der Waals surface area contributed by atoms with Crippen LogP contribution in [0.3, 0.4) is 0 Å². The van der Waals surface area contributed by atoms with Gasteiger partial charge in [0.15, 0.2) is 11.5 Å². The van der Waals surface area contributed by atoms with Crippen molar-refractivity contribution < 1.29 is 0 Å². The van der Waals surface area contributed by atoms with Gasteiger partial charge in [-0.1, -0.05) is 0 Å². The van der Waals surface area contributed by atoms with Gasteiger partial charge >= 0.3 is 0 Å². The lowest BCUT2D eigenvalue weighted by Crippen LogP contribution is -2.05. The van der Waals surface area contributed by atoms with Crippen LogP contribution in [0.4, 0.5) is 5.82 Å². The number of hydrogen-bond acceptors (Lipinski definition) is 5. The minimum Gasteiger partial charge on any atom is -0.368 e. The number of aromatic amines is 1. The van der Waals surface area contributed by atoms with E-state index in [0.29, 0.717) is 5.65 Å². The molecule has 0 spiro atoms. The smallest absolute Gasteiger partial charge is 0.182 e. The molecular weight excluding hydrogens is 210 g/mol. The lowest BCUT2D eigenvalue weighted by Gasteiger charge is -2.04. The average Bonchev–Trinajstić information content (AvgIpc) is 2.73. The van der Waals surface area contributed by atoms with Crippen LogP contribution in [0.25, 0.3) is 11.2 Å². The van der Waals surface area contributed by atoms with E-state index in [9.17, 15) is 0 Å². The van der Waals surface area contributed by atoms with E-state index in [4.69, 9.17) is 0 Å². The van der Waals surface area contributed by atoms with Crippen LogP contribution in [0.1, 0.15) is 6.42 Å². The van der Waals surface area contributed by atoms with Gasteiger partial charge in [-0.25, -0.2) is 15.0 Å². The Labute approximate surface area is 92.1 Å². The Morgan fingerprint density at radius 2 is 2.33 bits per heavy atom. The Morgan fingerprint density at radius 3 is 3.20 bits per heavy atom. The molecule has 0 aliphatic heterocycles. The number of nitrogens with zero attached hydrogens (tertiary/aromatic N) is 3. The molecule has 0 saturated carbocycles. The normalized spacial score (nSPS) is 10.7. The van der Waals surface area contributed by atoms with Crippen molar-refractivity contribution in [3.05, 3.63) is 12.7 Å². The first-order valence-electron chi connectivity index (χ1n) is 4.78. The second-order valence-corrected chi connectivity index (χ2v) is 4.08. The van der Waals surface area contributed by atoms with Crippen molar-refractivity contribution in [3.8, 4) is 0 Å². The third kappa shape index (κ3) is 2.38. The van der Waals surface area contributed by atoms with Crippen molar-refractivity contribution in [2.75, 3.05) is 23.9 Å². The molecule has 0 bridgehead atoms. The molecule has 0 aliphatic rings. The highest BCUT2D eigenvalue weighted by molar-refractivity contribution is 7.98. The van der Waals surface area contributed by atoms with Crippen LogP contribution in [-0.2, 0) is 0 Å². The molecule has 0 saturated heterocycles. The van der Waals surface area contributed by atoms with Crippen molar-refractivity contribution in [2.45, 2.75) is 6.42 Å². The van der Waals surface area contributed by atoms with E-state index < -0.39 is 0 Å². The zero-order valence-electron chi connectivity index (χ0n) is 8.53. The number of nitrogens with one attached hydrogen (secondary N) is 2.